The first-order chi connectivity index (χ1) is 8.61. The Balaban J connectivity index is 2.17. The van der Waals surface area contributed by atoms with Crippen molar-refractivity contribution in [1.29, 1.82) is 0 Å². The van der Waals surface area contributed by atoms with Crippen molar-refractivity contribution in [1.82, 2.24) is 4.90 Å². The highest BCUT2D eigenvalue weighted by Gasteiger charge is 2.27. The number of ether oxygens (including phenoxy) is 1. The number of nitrogens with zero attached hydrogens (tertiary/aromatic N) is 1. The Morgan fingerprint density at radius 1 is 1.44 bits per heavy atom. The second kappa shape index (κ2) is 5.50. The smallest absolute Gasteiger partial charge is 0.249 e. The molecule has 1 aromatic rings. The summed E-state index contributed by atoms with van der Waals surface area (Å²) < 4.78 is 5.23. The predicted octanol–water partition coefficient (Wildman–Crippen LogP) is 0.990. The van der Waals surface area contributed by atoms with Crippen LogP contribution in [0.2, 0.25) is 0 Å². The third-order valence-corrected chi connectivity index (χ3v) is 3.41. The van der Waals surface area contributed by atoms with Crippen LogP contribution in [-0.4, -0.2) is 36.6 Å². The number of rotatable bonds is 3. The van der Waals surface area contributed by atoms with E-state index in [1.807, 2.05) is 4.90 Å². The van der Waals surface area contributed by atoms with Crippen LogP contribution in [0.4, 0.5) is 0 Å². The molecule has 1 aromatic carbocycles. The fraction of sp³-hybridized carbons (Fsp3) is 0.500. The number of benzene rings is 1. The topological polar surface area (TPSA) is 55.6 Å². The van der Waals surface area contributed by atoms with Gasteiger partial charge in [0.25, 0.3) is 0 Å². The van der Waals surface area contributed by atoms with Gasteiger partial charge in [-0.1, -0.05) is 23.8 Å². The summed E-state index contributed by atoms with van der Waals surface area (Å²) >= 11 is 0. The molecule has 1 saturated heterocycles. The molecule has 1 amide bonds. The third kappa shape index (κ3) is 2.71. The zero-order valence-corrected chi connectivity index (χ0v) is 11.0. The maximum absolute atomic E-state index is 11.9. The number of nitrogens with two attached hydrogens (primary N) is 1. The van der Waals surface area contributed by atoms with Crippen molar-refractivity contribution >= 4 is 5.91 Å². The minimum Gasteiger partial charge on any atom is -0.369 e. The molecule has 1 fully saturated rings. The van der Waals surface area contributed by atoms with Gasteiger partial charge in [0.15, 0.2) is 0 Å². The Bertz CT molecular complexity index is 445. The molecule has 4 nitrogen and oxygen atoms in total. The fourth-order valence-corrected chi connectivity index (χ4v) is 2.28. The maximum Gasteiger partial charge on any atom is 0.249 e. The van der Waals surface area contributed by atoms with Crippen molar-refractivity contribution in [2.45, 2.75) is 26.4 Å². The number of hydrogen-bond donors (Lipinski definition) is 1. The molecule has 1 unspecified atom stereocenters. The second-order valence-electron chi connectivity index (χ2n) is 4.86. The number of amides is 1. The molecule has 18 heavy (non-hydrogen) atoms. The van der Waals surface area contributed by atoms with Gasteiger partial charge in [0.05, 0.1) is 12.6 Å². The first-order valence-corrected chi connectivity index (χ1v) is 6.25. The highest BCUT2D eigenvalue weighted by Crippen LogP contribution is 2.17. The van der Waals surface area contributed by atoms with Gasteiger partial charge >= 0.3 is 0 Å². The molecule has 1 heterocycles. The molecule has 98 valence electrons. The van der Waals surface area contributed by atoms with Crippen molar-refractivity contribution in [2.75, 3.05) is 19.8 Å². The van der Waals surface area contributed by atoms with E-state index >= 15 is 0 Å². The van der Waals surface area contributed by atoms with E-state index in [-0.39, 0.29) is 18.6 Å². The summed E-state index contributed by atoms with van der Waals surface area (Å²) in [5, 5.41) is 0. The van der Waals surface area contributed by atoms with Crippen molar-refractivity contribution < 1.29 is 9.53 Å². The van der Waals surface area contributed by atoms with Crippen molar-refractivity contribution in [3.05, 3.63) is 34.9 Å². The lowest BCUT2D eigenvalue weighted by Gasteiger charge is -2.35. The molecule has 2 rings (SSSR count). The standard InChI is InChI=1S/C14H20N2O2/c1-10-3-4-12(11(2)5-10)7-16-13(6-15)8-18-9-14(16)17/h3-5,13H,6-9,15H2,1-2H3. The van der Waals surface area contributed by atoms with Crippen LogP contribution in [0.25, 0.3) is 0 Å². The third-order valence-electron chi connectivity index (χ3n) is 3.41. The van der Waals surface area contributed by atoms with Gasteiger partial charge in [0, 0.05) is 13.1 Å². The molecule has 0 aliphatic carbocycles. The lowest BCUT2D eigenvalue weighted by Crippen LogP contribution is -2.52. The second-order valence-corrected chi connectivity index (χ2v) is 4.86. The van der Waals surface area contributed by atoms with E-state index in [9.17, 15) is 4.79 Å². The Hall–Kier alpha value is -1.39. The lowest BCUT2D eigenvalue weighted by atomic mass is 10.0. The van der Waals surface area contributed by atoms with Gasteiger partial charge in [-0.25, -0.2) is 0 Å². The van der Waals surface area contributed by atoms with Gasteiger partial charge in [-0.05, 0) is 25.0 Å². The van der Waals surface area contributed by atoms with E-state index < -0.39 is 0 Å². The molecule has 4 heteroatoms. The summed E-state index contributed by atoms with van der Waals surface area (Å²) in [7, 11) is 0. The van der Waals surface area contributed by atoms with Crippen LogP contribution in [-0.2, 0) is 16.1 Å². The van der Waals surface area contributed by atoms with E-state index in [1.54, 1.807) is 0 Å². The van der Waals surface area contributed by atoms with Crippen LogP contribution in [0.5, 0.6) is 0 Å². The first-order valence-electron chi connectivity index (χ1n) is 6.25. The Kier molecular flexibility index (Phi) is 3.99. The Labute approximate surface area is 108 Å². The summed E-state index contributed by atoms with van der Waals surface area (Å²) in [6.45, 7) is 5.91. The van der Waals surface area contributed by atoms with Crippen LogP contribution in [0.3, 0.4) is 0 Å². The number of hydrogen-bond acceptors (Lipinski definition) is 3. The zero-order chi connectivity index (χ0) is 13.1. The zero-order valence-electron chi connectivity index (χ0n) is 11.0. The molecule has 0 saturated carbocycles. The van der Waals surface area contributed by atoms with Crippen LogP contribution in [0, 0.1) is 13.8 Å². The molecule has 0 bridgehead atoms. The van der Waals surface area contributed by atoms with E-state index in [0.29, 0.717) is 19.7 Å². The monoisotopic (exact) mass is 248 g/mol. The van der Waals surface area contributed by atoms with Crippen LogP contribution in [0.1, 0.15) is 16.7 Å². The highest BCUT2D eigenvalue weighted by atomic mass is 16.5. The van der Waals surface area contributed by atoms with E-state index in [4.69, 9.17) is 10.5 Å². The van der Waals surface area contributed by atoms with Crippen molar-refractivity contribution in [2.24, 2.45) is 5.73 Å². The summed E-state index contributed by atoms with van der Waals surface area (Å²) in [5.41, 5.74) is 9.32. The van der Waals surface area contributed by atoms with Gasteiger partial charge in [-0.15, -0.1) is 0 Å². The summed E-state index contributed by atoms with van der Waals surface area (Å²) in [6, 6.07) is 6.29. The molecular weight excluding hydrogens is 228 g/mol. The molecule has 1 atom stereocenters. The molecule has 1 aliphatic rings. The van der Waals surface area contributed by atoms with Crippen LogP contribution in [0.15, 0.2) is 18.2 Å². The predicted molar refractivity (Wildman–Crippen MR) is 70.1 cm³/mol. The van der Waals surface area contributed by atoms with Gasteiger partial charge in [0.1, 0.15) is 6.61 Å². The highest BCUT2D eigenvalue weighted by molar-refractivity contribution is 5.78. The van der Waals surface area contributed by atoms with Crippen molar-refractivity contribution in [3.8, 4) is 0 Å². The van der Waals surface area contributed by atoms with Crippen LogP contribution < -0.4 is 5.73 Å². The van der Waals surface area contributed by atoms with E-state index in [1.165, 1.54) is 16.7 Å². The average Bonchev–Trinajstić information content (AvgIpc) is 2.34. The van der Waals surface area contributed by atoms with E-state index in [2.05, 4.69) is 32.0 Å². The molecule has 2 N–H and O–H groups in total. The fourth-order valence-electron chi connectivity index (χ4n) is 2.28. The van der Waals surface area contributed by atoms with Gasteiger partial charge in [-0.3, -0.25) is 4.79 Å². The number of morpholine rings is 1. The summed E-state index contributed by atoms with van der Waals surface area (Å²) in [4.78, 5) is 13.7. The molecule has 0 radical (unpaired) electrons. The minimum absolute atomic E-state index is 0.00745. The SMILES string of the molecule is Cc1ccc(CN2C(=O)COCC2CN)c(C)c1. The molecule has 0 aromatic heterocycles. The first kappa shape index (κ1) is 13.1. The molecular formula is C14H20N2O2. The van der Waals surface area contributed by atoms with Gasteiger partial charge in [-0.2, -0.15) is 0 Å². The number of aryl methyl sites for hydroxylation is 2. The minimum atomic E-state index is -0.00745. The quantitative estimate of drug-likeness (QED) is 0.868. The van der Waals surface area contributed by atoms with Crippen LogP contribution >= 0.6 is 0 Å². The number of carbonyl (C=O) groups is 1. The normalized spacial score (nSPS) is 20.3. The average molecular weight is 248 g/mol. The summed E-state index contributed by atoms with van der Waals surface area (Å²) in [6.07, 6.45) is 0. The Morgan fingerprint density at radius 2 is 2.22 bits per heavy atom. The summed E-state index contributed by atoms with van der Waals surface area (Å²) in [5.74, 6) is 0.0247. The molecule has 0 spiro atoms. The van der Waals surface area contributed by atoms with Gasteiger partial charge in [0.2, 0.25) is 5.91 Å². The number of carbonyl (C=O) groups excluding carboxylic acids is 1. The van der Waals surface area contributed by atoms with Gasteiger partial charge < -0.3 is 15.4 Å². The largest absolute Gasteiger partial charge is 0.369 e. The Morgan fingerprint density at radius 3 is 2.89 bits per heavy atom. The maximum atomic E-state index is 11.9. The lowest BCUT2D eigenvalue weighted by molar-refractivity contribution is -0.148. The van der Waals surface area contributed by atoms with Crippen molar-refractivity contribution in [3.63, 3.8) is 0 Å². The molecule has 1 aliphatic heterocycles. The van der Waals surface area contributed by atoms with E-state index in [0.717, 1.165) is 0 Å².